The summed E-state index contributed by atoms with van der Waals surface area (Å²) in [6.45, 7) is 1.87. The van der Waals surface area contributed by atoms with Gasteiger partial charge >= 0.3 is 0 Å². The molecule has 2 aromatic heterocycles. The van der Waals surface area contributed by atoms with Gasteiger partial charge in [-0.05, 0) is 31.5 Å². The molecule has 3 heterocycles. The molecular formula is C13H14ClN3OS2. The van der Waals surface area contributed by atoms with Gasteiger partial charge in [0, 0.05) is 18.0 Å². The summed E-state index contributed by atoms with van der Waals surface area (Å²) >= 11 is 8.86. The molecule has 3 rings (SSSR count). The van der Waals surface area contributed by atoms with Gasteiger partial charge in [-0.15, -0.1) is 22.7 Å². The smallest absolute Gasteiger partial charge is 0.271 e. The van der Waals surface area contributed by atoms with E-state index in [9.17, 15) is 4.79 Å². The fourth-order valence-corrected chi connectivity index (χ4v) is 4.07. The highest BCUT2D eigenvalue weighted by atomic mass is 35.5. The lowest BCUT2D eigenvalue weighted by Crippen LogP contribution is -2.45. The maximum absolute atomic E-state index is 12.1. The van der Waals surface area contributed by atoms with E-state index in [1.165, 1.54) is 22.7 Å². The van der Waals surface area contributed by atoms with E-state index in [0.717, 1.165) is 40.2 Å². The Balaban J connectivity index is 1.68. The number of thiazole rings is 1. The van der Waals surface area contributed by atoms with Crippen LogP contribution in [-0.4, -0.2) is 30.0 Å². The number of thiophene rings is 1. The number of piperidine rings is 1. The fourth-order valence-electron chi connectivity index (χ4n) is 2.15. The minimum absolute atomic E-state index is 0.0937. The lowest BCUT2D eigenvalue weighted by Gasteiger charge is -2.23. The number of aromatic nitrogens is 1. The monoisotopic (exact) mass is 327 g/mol. The first kappa shape index (κ1) is 14.0. The molecule has 1 atom stereocenters. The molecule has 2 N–H and O–H groups in total. The molecule has 0 spiro atoms. The first-order valence-corrected chi connectivity index (χ1v) is 8.52. The van der Waals surface area contributed by atoms with Crippen molar-refractivity contribution < 1.29 is 4.79 Å². The summed E-state index contributed by atoms with van der Waals surface area (Å²) < 4.78 is 0.731. The van der Waals surface area contributed by atoms with Crippen molar-refractivity contribution in [3.05, 3.63) is 27.5 Å². The highest BCUT2D eigenvalue weighted by Gasteiger charge is 2.18. The second-order valence-electron chi connectivity index (χ2n) is 4.66. The molecule has 1 saturated heterocycles. The molecule has 7 heteroatoms. The van der Waals surface area contributed by atoms with E-state index in [0.29, 0.717) is 5.69 Å². The van der Waals surface area contributed by atoms with Crippen molar-refractivity contribution in [1.82, 2.24) is 15.6 Å². The molecule has 2 aromatic rings. The number of carbonyl (C=O) groups is 1. The topological polar surface area (TPSA) is 54.0 Å². The van der Waals surface area contributed by atoms with Crippen LogP contribution in [0.1, 0.15) is 23.3 Å². The number of rotatable bonds is 3. The van der Waals surface area contributed by atoms with Gasteiger partial charge in [0.15, 0.2) is 0 Å². The lowest BCUT2D eigenvalue weighted by molar-refractivity contribution is 0.0926. The molecule has 1 amide bonds. The molecule has 1 fully saturated rings. The van der Waals surface area contributed by atoms with Crippen LogP contribution in [0.3, 0.4) is 0 Å². The van der Waals surface area contributed by atoms with Crippen LogP contribution in [0, 0.1) is 0 Å². The van der Waals surface area contributed by atoms with E-state index in [4.69, 9.17) is 11.6 Å². The van der Waals surface area contributed by atoms with Crippen molar-refractivity contribution in [1.29, 1.82) is 0 Å². The predicted octanol–water partition coefficient (Wildman–Crippen LogP) is 3.01. The molecule has 0 bridgehead atoms. The number of hydrogen-bond acceptors (Lipinski definition) is 5. The minimum Gasteiger partial charge on any atom is -0.347 e. The third-order valence-corrected chi connectivity index (χ3v) is 5.40. The summed E-state index contributed by atoms with van der Waals surface area (Å²) in [7, 11) is 0. The molecule has 0 saturated carbocycles. The van der Waals surface area contributed by atoms with Gasteiger partial charge in [-0.3, -0.25) is 4.79 Å². The summed E-state index contributed by atoms with van der Waals surface area (Å²) in [5.74, 6) is -0.0937. The number of nitrogens with zero attached hydrogens (tertiary/aromatic N) is 1. The molecule has 0 aromatic carbocycles. The molecule has 1 unspecified atom stereocenters. The number of halogens is 1. The van der Waals surface area contributed by atoms with E-state index < -0.39 is 0 Å². The normalized spacial score (nSPS) is 18.9. The minimum atomic E-state index is -0.0937. The van der Waals surface area contributed by atoms with Crippen LogP contribution < -0.4 is 10.6 Å². The van der Waals surface area contributed by atoms with Crippen LogP contribution in [0.5, 0.6) is 0 Å². The molecule has 0 aliphatic carbocycles. The Bertz CT molecular complexity index is 604. The fraction of sp³-hybridized carbons (Fsp3) is 0.385. The van der Waals surface area contributed by atoms with Crippen molar-refractivity contribution in [2.24, 2.45) is 0 Å². The summed E-state index contributed by atoms with van der Waals surface area (Å²) in [5.41, 5.74) is 0.486. The van der Waals surface area contributed by atoms with Crippen molar-refractivity contribution >= 4 is 40.2 Å². The third-order valence-electron chi connectivity index (χ3n) is 3.15. The Morgan fingerprint density at radius 1 is 1.50 bits per heavy atom. The van der Waals surface area contributed by atoms with Gasteiger partial charge < -0.3 is 10.6 Å². The maximum Gasteiger partial charge on any atom is 0.271 e. The first-order chi connectivity index (χ1) is 9.72. The molecule has 1 aliphatic rings. The highest BCUT2D eigenvalue weighted by Crippen LogP contribution is 2.32. The van der Waals surface area contributed by atoms with E-state index in [1.54, 1.807) is 5.38 Å². The second-order valence-corrected chi connectivity index (χ2v) is 7.23. The molecule has 0 radical (unpaired) electrons. The van der Waals surface area contributed by atoms with Crippen LogP contribution in [0.25, 0.3) is 9.88 Å². The Morgan fingerprint density at radius 3 is 3.10 bits per heavy atom. The maximum atomic E-state index is 12.1. The third kappa shape index (κ3) is 3.20. The van der Waals surface area contributed by atoms with E-state index >= 15 is 0 Å². The van der Waals surface area contributed by atoms with E-state index in [1.807, 2.05) is 12.1 Å². The van der Waals surface area contributed by atoms with Crippen molar-refractivity contribution in [2.45, 2.75) is 18.9 Å². The molecule has 4 nitrogen and oxygen atoms in total. The van der Waals surface area contributed by atoms with Gasteiger partial charge in [-0.25, -0.2) is 4.98 Å². The SMILES string of the molecule is O=C(NC1CCCNC1)c1csc(-c2ccc(Cl)s2)n1. The van der Waals surface area contributed by atoms with Gasteiger partial charge in [-0.2, -0.15) is 0 Å². The van der Waals surface area contributed by atoms with E-state index in [2.05, 4.69) is 15.6 Å². The lowest BCUT2D eigenvalue weighted by atomic mass is 10.1. The average molecular weight is 328 g/mol. The number of hydrogen-bond donors (Lipinski definition) is 2. The number of carbonyl (C=O) groups excluding carboxylic acids is 1. The highest BCUT2D eigenvalue weighted by molar-refractivity contribution is 7.23. The van der Waals surface area contributed by atoms with Crippen molar-refractivity contribution in [2.75, 3.05) is 13.1 Å². The summed E-state index contributed by atoms with van der Waals surface area (Å²) in [4.78, 5) is 17.5. The van der Waals surface area contributed by atoms with Gasteiger partial charge in [0.2, 0.25) is 0 Å². The van der Waals surface area contributed by atoms with Crippen molar-refractivity contribution in [3.63, 3.8) is 0 Å². The van der Waals surface area contributed by atoms with Gasteiger partial charge in [0.25, 0.3) is 5.91 Å². The van der Waals surface area contributed by atoms with Crippen LogP contribution >= 0.6 is 34.3 Å². The summed E-state index contributed by atoms with van der Waals surface area (Å²) in [6, 6.07) is 3.98. The van der Waals surface area contributed by atoms with Crippen LogP contribution in [0.2, 0.25) is 4.34 Å². The summed E-state index contributed by atoms with van der Waals surface area (Å²) in [6.07, 6.45) is 2.12. The zero-order chi connectivity index (χ0) is 13.9. The zero-order valence-electron chi connectivity index (χ0n) is 10.7. The standard InChI is InChI=1S/C13H14ClN3OS2/c14-11-4-3-10(20-11)13-17-9(7-19-13)12(18)16-8-2-1-5-15-6-8/h3-4,7-8,15H,1-2,5-6H2,(H,16,18). The Labute approximate surface area is 130 Å². The largest absolute Gasteiger partial charge is 0.347 e. The van der Waals surface area contributed by atoms with Gasteiger partial charge in [0.1, 0.15) is 10.7 Å². The Morgan fingerprint density at radius 2 is 2.40 bits per heavy atom. The molecule has 1 aliphatic heterocycles. The quantitative estimate of drug-likeness (QED) is 0.911. The van der Waals surface area contributed by atoms with Crippen LogP contribution in [0.4, 0.5) is 0 Å². The Hall–Kier alpha value is -0.950. The average Bonchev–Trinajstić information content (AvgIpc) is 3.08. The van der Waals surface area contributed by atoms with E-state index in [-0.39, 0.29) is 11.9 Å². The van der Waals surface area contributed by atoms with Crippen LogP contribution in [-0.2, 0) is 0 Å². The molecule has 106 valence electrons. The first-order valence-electron chi connectivity index (χ1n) is 6.45. The predicted molar refractivity (Wildman–Crippen MR) is 83.8 cm³/mol. The number of amides is 1. The van der Waals surface area contributed by atoms with Crippen LogP contribution in [0.15, 0.2) is 17.5 Å². The number of nitrogens with one attached hydrogen (secondary N) is 2. The summed E-state index contributed by atoms with van der Waals surface area (Å²) in [5, 5.41) is 8.95. The van der Waals surface area contributed by atoms with Gasteiger partial charge in [-0.1, -0.05) is 11.6 Å². The van der Waals surface area contributed by atoms with Gasteiger partial charge in [0.05, 0.1) is 9.21 Å². The molecular weight excluding hydrogens is 314 g/mol. The zero-order valence-corrected chi connectivity index (χ0v) is 13.1. The Kier molecular flexibility index (Phi) is 4.35. The molecule has 20 heavy (non-hydrogen) atoms. The second kappa shape index (κ2) is 6.22. The van der Waals surface area contributed by atoms with Crippen molar-refractivity contribution in [3.8, 4) is 9.88 Å².